The summed E-state index contributed by atoms with van der Waals surface area (Å²) in [5, 5.41) is 4.46. The molecule has 0 spiro atoms. The zero-order chi connectivity index (χ0) is 14.7. The van der Waals surface area contributed by atoms with Crippen molar-refractivity contribution in [2.75, 3.05) is 5.73 Å². The van der Waals surface area contributed by atoms with E-state index in [-0.39, 0.29) is 11.5 Å². The minimum atomic E-state index is 0.251. The molecule has 0 radical (unpaired) electrons. The van der Waals surface area contributed by atoms with E-state index in [0.29, 0.717) is 11.1 Å². The topological polar surface area (TPSA) is 53.1 Å². The van der Waals surface area contributed by atoms with Gasteiger partial charge in [-0.15, -0.1) is 0 Å². The molecule has 1 aromatic heterocycles. The molecule has 3 rings (SSSR count). The summed E-state index contributed by atoms with van der Waals surface area (Å²) in [6.07, 6.45) is 4.01. The number of nitrogen functional groups attached to an aromatic ring is 1. The van der Waals surface area contributed by atoms with E-state index in [1.54, 1.807) is 0 Å². The molecule has 3 unspecified atom stereocenters. The van der Waals surface area contributed by atoms with Crippen LogP contribution in [0.15, 0.2) is 0 Å². The number of anilines is 1. The molecule has 2 N–H and O–H groups in total. The third kappa shape index (κ3) is 1.57. The van der Waals surface area contributed by atoms with Crippen molar-refractivity contribution in [3.63, 3.8) is 0 Å². The highest BCUT2D eigenvalue weighted by Gasteiger charge is 2.62. The van der Waals surface area contributed by atoms with Crippen LogP contribution in [0.5, 0.6) is 5.88 Å². The van der Waals surface area contributed by atoms with Gasteiger partial charge in [-0.2, -0.15) is 5.10 Å². The molecule has 2 bridgehead atoms. The summed E-state index contributed by atoms with van der Waals surface area (Å²) in [7, 11) is 0. The van der Waals surface area contributed by atoms with Gasteiger partial charge in [0, 0.05) is 12.0 Å². The Hall–Kier alpha value is -1.19. The summed E-state index contributed by atoms with van der Waals surface area (Å²) in [6, 6.07) is 0. The minimum Gasteiger partial charge on any atom is -0.472 e. The van der Waals surface area contributed by atoms with Gasteiger partial charge in [0.1, 0.15) is 11.8 Å². The standard InChI is InChI=1S/C16H27N3O/c1-6-19-14(13(17)10(2)18-19)20-12-9-11-7-8-16(12,5)15(11,3)4/h11-12H,6-9,17H2,1-5H3. The largest absolute Gasteiger partial charge is 0.472 e. The molecule has 2 aliphatic carbocycles. The lowest BCUT2D eigenvalue weighted by Gasteiger charge is -2.38. The van der Waals surface area contributed by atoms with E-state index < -0.39 is 0 Å². The molecular formula is C16H27N3O. The highest BCUT2D eigenvalue weighted by Crippen LogP contribution is 2.66. The second-order valence-electron chi connectivity index (χ2n) is 7.34. The first-order valence-electron chi connectivity index (χ1n) is 7.80. The summed E-state index contributed by atoms with van der Waals surface area (Å²) in [5.74, 6) is 1.55. The van der Waals surface area contributed by atoms with E-state index >= 15 is 0 Å². The van der Waals surface area contributed by atoms with Gasteiger partial charge >= 0.3 is 0 Å². The molecule has 0 saturated heterocycles. The second kappa shape index (κ2) is 4.15. The Labute approximate surface area is 121 Å². The van der Waals surface area contributed by atoms with Gasteiger partial charge in [-0.05, 0) is 44.4 Å². The maximum atomic E-state index is 6.40. The van der Waals surface area contributed by atoms with Gasteiger partial charge in [-0.1, -0.05) is 20.8 Å². The van der Waals surface area contributed by atoms with Gasteiger partial charge in [0.25, 0.3) is 0 Å². The smallest absolute Gasteiger partial charge is 0.236 e. The molecule has 2 saturated carbocycles. The lowest BCUT2D eigenvalue weighted by molar-refractivity contribution is 0.0247. The van der Waals surface area contributed by atoms with Crippen LogP contribution >= 0.6 is 0 Å². The lowest BCUT2D eigenvalue weighted by Crippen LogP contribution is -2.39. The first-order valence-corrected chi connectivity index (χ1v) is 7.80. The summed E-state index contributed by atoms with van der Waals surface area (Å²) in [4.78, 5) is 0. The molecule has 0 amide bonds. The normalized spacial score (nSPS) is 34.6. The van der Waals surface area contributed by atoms with Gasteiger partial charge in [0.15, 0.2) is 0 Å². The number of fused-ring (bicyclic) bond motifs is 2. The van der Waals surface area contributed by atoms with Gasteiger partial charge in [-0.3, -0.25) is 0 Å². The summed E-state index contributed by atoms with van der Waals surface area (Å²) < 4.78 is 8.29. The number of nitrogens with zero attached hydrogens (tertiary/aromatic N) is 2. The zero-order valence-corrected chi connectivity index (χ0v) is 13.4. The van der Waals surface area contributed by atoms with Crippen molar-refractivity contribution < 1.29 is 4.74 Å². The number of hydrogen-bond donors (Lipinski definition) is 1. The highest BCUT2D eigenvalue weighted by atomic mass is 16.5. The Morgan fingerprint density at radius 2 is 2.10 bits per heavy atom. The fourth-order valence-corrected chi connectivity index (χ4v) is 4.36. The van der Waals surface area contributed by atoms with Crippen molar-refractivity contribution in [3.05, 3.63) is 5.69 Å². The average Bonchev–Trinajstić information content (AvgIpc) is 2.87. The Morgan fingerprint density at radius 1 is 1.40 bits per heavy atom. The molecule has 112 valence electrons. The van der Waals surface area contributed by atoms with E-state index in [1.165, 1.54) is 12.8 Å². The maximum absolute atomic E-state index is 6.40. The van der Waals surface area contributed by atoms with E-state index in [1.807, 2.05) is 11.6 Å². The first kappa shape index (κ1) is 13.8. The molecular weight excluding hydrogens is 250 g/mol. The van der Waals surface area contributed by atoms with Crippen LogP contribution in [0.3, 0.4) is 0 Å². The molecule has 4 heteroatoms. The molecule has 2 aliphatic rings. The third-order valence-electron chi connectivity index (χ3n) is 6.39. The summed E-state index contributed by atoms with van der Waals surface area (Å²) in [5.41, 5.74) is 8.34. The van der Waals surface area contributed by atoms with Crippen molar-refractivity contribution in [3.8, 4) is 5.88 Å². The first-order chi connectivity index (χ1) is 9.31. The van der Waals surface area contributed by atoms with Crippen molar-refractivity contribution in [1.29, 1.82) is 0 Å². The van der Waals surface area contributed by atoms with Gasteiger partial charge in [0.2, 0.25) is 5.88 Å². The van der Waals surface area contributed by atoms with Gasteiger partial charge in [-0.25, -0.2) is 4.68 Å². The number of rotatable bonds is 3. The number of nitrogens with two attached hydrogens (primary N) is 1. The minimum absolute atomic E-state index is 0.251. The summed E-state index contributed by atoms with van der Waals surface area (Å²) >= 11 is 0. The maximum Gasteiger partial charge on any atom is 0.236 e. The molecule has 20 heavy (non-hydrogen) atoms. The Bertz CT molecular complexity index is 534. The number of aryl methyl sites for hydroxylation is 2. The second-order valence-corrected chi connectivity index (χ2v) is 7.34. The predicted octanol–water partition coefficient (Wildman–Crippen LogP) is 3.39. The molecule has 3 atom stereocenters. The molecule has 2 fully saturated rings. The predicted molar refractivity (Wildman–Crippen MR) is 80.7 cm³/mol. The van der Waals surface area contributed by atoms with Crippen molar-refractivity contribution in [1.82, 2.24) is 9.78 Å². The lowest BCUT2D eigenvalue weighted by atomic mass is 9.70. The quantitative estimate of drug-likeness (QED) is 0.921. The average molecular weight is 277 g/mol. The van der Waals surface area contributed by atoms with E-state index in [2.05, 4.69) is 32.8 Å². The highest BCUT2D eigenvalue weighted by molar-refractivity contribution is 5.52. The van der Waals surface area contributed by atoms with Crippen LogP contribution in [0, 0.1) is 23.7 Å². The van der Waals surface area contributed by atoms with Gasteiger partial charge in [0.05, 0.1) is 5.69 Å². The van der Waals surface area contributed by atoms with Crippen molar-refractivity contribution >= 4 is 5.69 Å². The SMILES string of the molecule is CCn1nc(C)c(N)c1OC1CC2CCC1(C)C2(C)C. The van der Waals surface area contributed by atoms with E-state index in [9.17, 15) is 0 Å². The fraction of sp³-hybridized carbons (Fsp3) is 0.812. The van der Waals surface area contributed by atoms with E-state index in [0.717, 1.165) is 30.5 Å². The molecule has 4 nitrogen and oxygen atoms in total. The van der Waals surface area contributed by atoms with Crippen molar-refractivity contribution in [2.45, 2.75) is 66.5 Å². The zero-order valence-electron chi connectivity index (χ0n) is 13.4. The number of ether oxygens (including phenoxy) is 1. The van der Waals surface area contributed by atoms with Crippen LogP contribution in [0.2, 0.25) is 0 Å². The monoisotopic (exact) mass is 277 g/mol. The van der Waals surface area contributed by atoms with Crippen LogP contribution in [-0.4, -0.2) is 15.9 Å². The van der Waals surface area contributed by atoms with Crippen LogP contribution in [0.1, 0.15) is 52.7 Å². The van der Waals surface area contributed by atoms with Crippen LogP contribution < -0.4 is 10.5 Å². The van der Waals surface area contributed by atoms with E-state index in [4.69, 9.17) is 10.5 Å². The van der Waals surface area contributed by atoms with Gasteiger partial charge < -0.3 is 10.5 Å². The number of aromatic nitrogens is 2. The Balaban J connectivity index is 1.91. The fourth-order valence-electron chi connectivity index (χ4n) is 4.36. The van der Waals surface area contributed by atoms with Crippen molar-refractivity contribution in [2.24, 2.45) is 16.7 Å². The van der Waals surface area contributed by atoms with Crippen LogP contribution in [0.4, 0.5) is 5.69 Å². The molecule has 0 aliphatic heterocycles. The molecule has 1 aromatic rings. The number of hydrogen-bond acceptors (Lipinski definition) is 3. The Morgan fingerprint density at radius 3 is 2.60 bits per heavy atom. The van der Waals surface area contributed by atoms with Crippen LogP contribution in [0.25, 0.3) is 0 Å². The third-order valence-corrected chi connectivity index (χ3v) is 6.39. The Kier molecular flexibility index (Phi) is 2.86. The molecule has 1 heterocycles. The summed E-state index contributed by atoms with van der Waals surface area (Å²) in [6.45, 7) is 12.0. The molecule has 0 aromatic carbocycles. The van der Waals surface area contributed by atoms with Crippen LogP contribution in [-0.2, 0) is 6.54 Å².